The Balaban J connectivity index is 1.58. The van der Waals surface area contributed by atoms with Gasteiger partial charge in [0.1, 0.15) is 0 Å². The van der Waals surface area contributed by atoms with Crippen molar-refractivity contribution in [2.24, 2.45) is 0 Å². The van der Waals surface area contributed by atoms with Crippen molar-refractivity contribution >= 4 is 50.2 Å². The van der Waals surface area contributed by atoms with E-state index in [1.807, 2.05) is 4.72 Å². The highest BCUT2D eigenvalue weighted by Crippen LogP contribution is 2.34. The predicted octanol–water partition coefficient (Wildman–Crippen LogP) is 5.29. The van der Waals surface area contributed by atoms with Crippen LogP contribution < -0.4 is 10.0 Å². The maximum absolute atomic E-state index is 13.0. The fourth-order valence-corrected chi connectivity index (χ4v) is 4.32. The third kappa shape index (κ3) is 4.94. The number of benzene rings is 3. The zero-order valence-electron chi connectivity index (χ0n) is 16.4. The zero-order valence-corrected chi connectivity index (χ0v) is 18.0. The number of halogens is 4. The number of carbonyl (C=O) groups is 1. The number of carbonyl (C=O) groups excluding carboxylic acids is 1. The van der Waals surface area contributed by atoms with Crippen molar-refractivity contribution in [3.8, 4) is 0 Å². The van der Waals surface area contributed by atoms with Gasteiger partial charge in [0.2, 0.25) is 5.95 Å². The molecule has 170 valence electrons. The highest BCUT2D eigenvalue weighted by molar-refractivity contribution is 7.92. The minimum atomic E-state index is -4.68. The molecule has 0 aliphatic heterocycles. The number of H-pyrrole nitrogens is 1. The van der Waals surface area contributed by atoms with Crippen molar-refractivity contribution in [1.82, 2.24) is 9.97 Å². The van der Waals surface area contributed by atoms with Crippen LogP contribution in [0.15, 0.2) is 71.6 Å². The van der Waals surface area contributed by atoms with Crippen molar-refractivity contribution in [1.29, 1.82) is 0 Å². The van der Waals surface area contributed by atoms with Gasteiger partial charge < -0.3 is 4.98 Å². The number of hydrogen-bond acceptors (Lipinski definition) is 4. The minimum Gasteiger partial charge on any atom is -0.324 e. The van der Waals surface area contributed by atoms with Gasteiger partial charge in [-0.05, 0) is 48.5 Å². The van der Waals surface area contributed by atoms with Crippen LogP contribution >= 0.6 is 11.6 Å². The van der Waals surface area contributed by atoms with E-state index in [4.69, 9.17) is 11.6 Å². The maximum atomic E-state index is 13.0. The van der Waals surface area contributed by atoms with Crippen LogP contribution in [0.5, 0.6) is 0 Å². The van der Waals surface area contributed by atoms with Crippen LogP contribution in [0.2, 0.25) is 5.02 Å². The number of hydrogen-bond donors (Lipinski definition) is 3. The lowest BCUT2D eigenvalue weighted by atomic mass is 10.2. The molecule has 4 aromatic rings. The van der Waals surface area contributed by atoms with Gasteiger partial charge in [0, 0.05) is 5.56 Å². The SMILES string of the molecule is O=C(Nc1nc2ccccc2[nH]1)c1cccc(S(=O)(=O)Nc2cc(C(F)(F)F)ccc2Cl)c1. The maximum Gasteiger partial charge on any atom is 0.416 e. The van der Waals surface area contributed by atoms with E-state index in [-0.39, 0.29) is 21.4 Å². The summed E-state index contributed by atoms with van der Waals surface area (Å²) in [7, 11) is -4.35. The van der Waals surface area contributed by atoms with Crippen molar-refractivity contribution in [2.75, 3.05) is 10.0 Å². The predicted molar refractivity (Wildman–Crippen MR) is 118 cm³/mol. The number of anilines is 2. The standard InChI is InChI=1S/C21H14ClF3N4O3S/c22-15-9-8-13(21(23,24)25)11-18(15)29-33(31,32)14-5-3-4-12(10-14)19(30)28-20-26-16-6-1-2-7-17(16)27-20/h1-11,29H,(H2,26,27,28,30). The number of nitrogens with zero attached hydrogens (tertiary/aromatic N) is 1. The minimum absolute atomic E-state index is 0.00605. The summed E-state index contributed by atoms with van der Waals surface area (Å²) >= 11 is 5.88. The molecule has 7 nitrogen and oxygen atoms in total. The molecule has 0 atom stereocenters. The van der Waals surface area contributed by atoms with Gasteiger partial charge in [0.25, 0.3) is 15.9 Å². The van der Waals surface area contributed by atoms with Gasteiger partial charge in [-0.25, -0.2) is 13.4 Å². The Morgan fingerprint density at radius 3 is 2.48 bits per heavy atom. The molecule has 0 spiro atoms. The van der Waals surface area contributed by atoms with E-state index >= 15 is 0 Å². The van der Waals surface area contributed by atoms with E-state index < -0.39 is 33.4 Å². The van der Waals surface area contributed by atoms with Crippen molar-refractivity contribution in [3.63, 3.8) is 0 Å². The Morgan fingerprint density at radius 1 is 1.00 bits per heavy atom. The molecule has 12 heteroatoms. The van der Waals surface area contributed by atoms with E-state index in [9.17, 15) is 26.4 Å². The van der Waals surface area contributed by atoms with E-state index in [0.717, 1.165) is 18.2 Å². The molecule has 0 aliphatic carbocycles. The lowest BCUT2D eigenvalue weighted by molar-refractivity contribution is -0.137. The average molecular weight is 495 g/mol. The van der Waals surface area contributed by atoms with Crippen LogP contribution in [0.3, 0.4) is 0 Å². The van der Waals surface area contributed by atoms with Crippen molar-refractivity contribution in [2.45, 2.75) is 11.1 Å². The Kier molecular flexibility index (Phi) is 5.76. The first-order chi connectivity index (χ1) is 15.5. The molecule has 33 heavy (non-hydrogen) atoms. The van der Waals surface area contributed by atoms with Crippen LogP contribution in [0.4, 0.5) is 24.8 Å². The second-order valence-corrected chi connectivity index (χ2v) is 8.97. The number of imidazole rings is 1. The largest absolute Gasteiger partial charge is 0.416 e. The molecule has 0 radical (unpaired) electrons. The third-order valence-electron chi connectivity index (χ3n) is 4.57. The molecule has 3 N–H and O–H groups in total. The highest BCUT2D eigenvalue weighted by Gasteiger charge is 2.31. The summed E-state index contributed by atoms with van der Waals surface area (Å²) in [6, 6.07) is 14.4. The summed E-state index contributed by atoms with van der Waals surface area (Å²) in [4.78, 5) is 19.4. The van der Waals surface area contributed by atoms with Crippen LogP contribution in [0.1, 0.15) is 15.9 Å². The van der Waals surface area contributed by atoms with Crippen LogP contribution in [0.25, 0.3) is 11.0 Å². The fourth-order valence-electron chi connectivity index (χ4n) is 2.98. The molecular weight excluding hydrogens is 481 g/mol. The molecule has 1 amide bonds. The lowest BCUT2D eigenvalue weighted by Gasteiger charge is -2.13. The van der Waals surface area contributed by atoms with Gasteiger partial charge >= 0.3 is 6.18 Å². The normalized spacial score (nSPS) is 12.0. The third-order valence-corrected chi connectivity index (χ3v) is 6.26. The number of sulfonamides is 1. The number of para-hydroxylation sites is 2. The molecule has 1 heterocycles. The summed E-state index contributed by atoms with van der Waals surface area (Å²) in [6.45, 7) is 0. The molecule has 0 saturated carbocycles. The first-order valence-corrected chi connectivity index (χ1v) is 11.1. The van der Waals surface area contributed by atoms with Gasteiger partial charge in [0.15, 0.2) is 0 Å². The van der Waals surface area contributed by atoms with E-state index in [1.54, 1.807) is 24.3 Å². The molecule has 0 bridgehead atoms. The Bertz CT molecular complexity index is 1440. The monoisotopic (exact) mass is 494 g/mol. The molecule has 0 fully saturated rings. The average Bonchev–Trinajstić information content (AvgIpc) is 3.16. The lowest BCUT2D eigenvalue weighted by Crippen LogP contribution is -2.17. The van der Waals surface area contributed by atoms with Crippen molar-refractivity contribution < 1.29 is 26.4 Å². The first-order valence-electron chi connectivity index (χ1n) is 9.29. The van der Waals surface area contributed by atoms with Crippen molar-refractivity contribution in [3.05, 3.63) is 82.9 Å². The summed E-state index contributed by atoms with van der Waals surface area (Å²) < 4.78 is 66.5. The summed E-state index contributed by atoms with van der Waals surface area (Å²) in [5, 5.41) is 2.33. The van der Waals surface area contributed by atoms with E-state index in [2.05, 4.69) is 15.3 Å². The number of nitrogens with one attached hydrogen (secondary N) is 3. The van der Waals surface area contributed by atoms with Crippen LogP contribution in [-0.2, 0) is 16.2 Å². The Labute approximate surface area is 190 Å². The number of fused-ring (bicyclic) bond motifs is 1. The highest BCUT2D eigenvalue weighted by atomic mass is 35.5. The van der Waals surface area contributed by atoms with Crippen LogP contribution in [0, 0.1) is 0 Å². The second kappa shape index (κ2) is 8.41. The fraction of sp³-hybridized carbons (Fsp3) is 0.0476. The van der Waals surface area contributed by atoms with Gasteiger partial charge in [-0.1, -0.05) is 29.8 Å². The molecule has 1 aromatic heterocycles. The molecule has 0 unspecified atom stereocenters. The Hall–Kier alpha value is -3.57. The quantitative estimate of drug-likeness (QED) is 0.351. The number of aromatic amines is 1. The zero-order chi connectivity index (χ0) is 23.8. The van der Waals surface area contributed by atoms with Crippen LogP contribution in [-0.4, -0.2) is 24.3 Å². The van der Waals surface area contributed by atoms with E-state index in [1.165, 1.54) is 18.2 Å². The number of aromatic nitrogens is 2. The van der Waals surface area contributed by atoms with E-state index in [0.29, 0.717) is 17.1 Å². The van der Waals surface area contributed by atoms with Gasteiger partial charge in [-0.2, -0.15) is 13.2 Å². The number of rotatable bonds is 5. The summed E-state index contributed by atoms with van der Waals surface area (Å²) in [6.07, 6.45) is -4.68. The second-order valence-electron chi connectivity index (χ2n) is 6.88. The smallest absolute Gasteiger partial charge is 0.324 e. The Morgan fingerprint density at radius 2 is 1.76 bits per heavy atom. The molecule has 3 aromatic carbocycles. The molecule has 4 rings (SSSR count). The van der Waals surface area contributed by atoms with Gasteiger partial charge in [0.05, 0.1) is 32.2 Å². The molecule has 0 aliphatic rings. The molecule has 0 saturated heterocycles. The van der Waals surface area contributed by atoms with Gasteiger partial charge in [-0.3, -0.25) is 14.8 Å². The summed E-state index contributed by atoms with van der Waals surface area (Å²) in [5.41, 5.74) is -0.182. The summed E-state index contributed by atoms with van der Waals surface area (Å²) in [5.74, 6) is -0.466. The first kappa shape index (κ1) is 22.6. The topological polar surface area (TPSA) is 104 Å². The molecular formula is C21H14ClF3N4O3S. The number of amides is 1. The number of alkyl halides is 3. The van der Waals surface area contributed by atoms with Gasteiger partial charge in [-0.15, -0.1) is 0 Å².